The van der Waals surface area contributed by atoms with E-state index >= 15 is 0 Å². The number of ether oxygens (including phenoxy) is 2. The van der Waals surface area contributed by atoms with E-state index < -0.39 is 11.4 Å². The third-order valence-electron chi connectivity index (χ3n) is 3.58. The Morgan fingerprint density at radius 2 is 1.75 bits per heavy atom. The van der Waals surface area contributed by atoms with Crippen LogP contribution in [-0.2, 0) is 0 Å². The molecule has 0 saturated heterocycles. The van der Waals surface area contributed by atoms with Crippen molar-refractivity contribution in [2.75, 3.05) is 14.2 Å². The molecule has 0 atom stereocenters. The molecule has 0 fully saturated rings. The molecule has 122 valence electrons. The van der Waals surface area contributed by atoms with Gasteiger partial charge in [0.1, 0.15) is 11.3 Å². The minimum atomic E-state index is -0.705. The monoisotopic (exact) mass is 388 g/mol. The fourth-order valence-corrected chi connectivity index (χ4v) is 2.83. The maximum Gasteiger partial charge on any atom is 0.347 e. The van der Waals surface area contributed by atoms with Crippen molar-refractivity contribution in [1.82, 2.24) is 0 Å². The standard InChI is InChI=1S/C18H13BrO5/c1-22-13-5-3-10(4-6-13)16(20)14-8-11-7-12(19)9-15(23-2)17(11)24-18(14)21/h3-9H,1-2H3. The normalized spacial score (nSPS) is 10.6. The van der Waals surface area contributed by atoms with Crippen LogP contribution in [0, 0.1) is 0 Å². The highest BCUT2D eigenvalue weighted by molar-refractivity contribution is 9.10. The molecule has 24 heavy (non-hydrogen) atoms. The van der Waals surface area contributed by atoms with Gasteiger partial charge in [-0.15, -0.1) is 0 Å². The number of ketones is 1. The van der Waals surface area contributed by atoms with Crippen LogP contribution >= 0.6 is 15.9 Å². The molecule has 0 aliphatic rings. The lowest BCUT2D eigenvalue weighted by Crippen LogP contribution is -2.14. The highest BCUT2D eigenvalue weighted by atomic mass is 79.9. The number of carbonyl (C=O) groups excluding carboxylic acids is 1. The number of carbonyl (C=O) groups is 1. The zero-order chi connectivity index (χ0) is 17.3. The van der Waals surface area contributed by atoms with E-state index in [0.717, 1.165) is 4.47 Å². The van der Waals surface area contributed by atoms with Gasteiger partial charge in [0.05, 0.1) is 14.2 Å². The molecule has 0 radical (unpaired) electrons. The van der Waals surface area contributed by atoms with Crippen LogP contribution < -0.4 is 15.1 Å². The fourth-order valence-electron chi connectivity index (χ4n) is 2.38. The molecule has 3 aromatic rings. The second-order valence-electron chi connectivity index (χ2n) is 5.03. The van der Waals surface area contributed by atoms with E-state index in [-0.39, 0.29) is 5.56 Å². The highest BCUT2D eigenvalue weighted by Gasteiger charge is 2.18. The number of halogens is 1. The maximum absolute atomic E-state index is 12.6. The van der Waals surface area contributed by atoms with Crippen LogP contribution in [0.1, 0.15) is 15.9 Å². The molecule has 0 spiro atoms. The topological polar surface area (TPSA) is 65.7 Å². The molecule has 0 N–H and O–H groups in total. The molecule has 0 unspecified atom stereocenters. The first-order chi connectivity index (χ1) is 11.5. The first-order valence-electron chi connectivity index (χ1n) is 7.03. The minimum Gasteiger partial charge on any atom is -0.497 e. The highest BCUT2D eigenvalue weighted by Crippen LogP contribution is 2.30. The Hall–Kier alpha value is -2.60. The molecular weight excluding hydrogens is 376 g/mol. The zero-order valence-corrected chi connectivity index (χ0v) is 14.5. The molecule has 0 bridgehead atoms. The van der Waals surface area contributed by atoms with E-state index in [1.165, 1.54) is 13.2 Å². The quantitative estimate of drug-likeness (QED) is 0.502. The molecule has 0 saturated carbocycles. The van der Waals surface area contributed by atoms with E-state index in [1.807, 2.05) is 0 Å². The van der Waals surface area contributed by atoms with Crippen LogP contribution in [0.25, 0.3) is 11.0 Å². The van der Waals surface area contributed by atoms with Crippen LogP contribution in [0.3, 0.4) is 0 Å². The Morgan fingerprint density at radius 1 is 1.04 bits per heavy atom. The van der Waals surface area contributed by atoms with Crippen molar-refractivity contribution in [3.8, 4) is 11.5 Å². The number of benzene rings is 2. The maximum atomic E-state index is 12.6. The summed E-state index contributed by atoms with van der Waals surface area (Å²) in [7, 11) is 3.03. The average Bonchev–Trinajstić information content (AvgIpc) is 2.60. The molecule has 2 aromatic carbocycles. The molecule has 6 heteroatoms. The van der Waals surface area contributed by atoms with E-state index in [0.29, 0.717) is 28.0 Å². The smallest absolute Gasteiger partial charge is 0.347 e. The Kier molecular flexibility index (Phi) is 4.40. The van der Waals surface area contributed by atoms with Gasteiger partial charge in [0.25, 0.3) is 0 Å². The van der Waals surface area contributed by atoms with Gasteiger partial charge < -0.3 is 13.9 Å². The summed E-state index contributed by atoms with van der Waals surface area (Å²) in [5, 5.41) is 0.595. The van der Waals surface area contributed by atoms with E-state index in [4.69, 9.17) is 13.9 Å². The summed E-state index contributed by atoms with van der Waals surface area (Å²) in [6.07, 6.45) is 0. The predicted molar refractivity (Wildman–Crippen MR) is 93.2 cm³/mol. The van der Waals surface area contributed by atoms with Crippen molar-refractivity contribution in [3.63, 3.8) is 0 Å². The second kappa shape index (κ2) is 6.49. The van der Waals surface area contributed by atoms with Gasteiger partial charge in [-0.25, -0.2) is 4.79 Å². The average molecular weight is 389 g/mol. The second-order valence-corrected chi connectivity index (χ2v) is 5.95. The van der Waals surface area contributed by atoms with Crippen molar-refractivity contribution >= 4 is 32.7 Å². The zero-order valence-electron chi connectivity index (χ0n) is 13.0. The summed E-state index contributed by atoms with van der Waals surface area (Å²) in [5.74, 6) is 0.637. The van der Waals surface area contributed by atoms with Gasteiger partial charge in [-0.3, -0.25) is 4.79 Å². The molecule has 0 amide bonds. The Labute approximate surface area is 145 Å². The summed E-state index contributed by atoms with van der Waals surface area (Å²) in [6.45, 7) is 0. The van der Waals surface area contributed by atoms with Gasteiger partial charge in [0, 0.05) is 15.4 Å². The third kappa shape index (κ3) is 2.92. The van der Waals surface area contributed by atoms with E-state index in [9.17, 15) is 9.59 Å². The Morgan fingerprint density at radius 3 is 2.38 bits per heavy atom. The molecule has 5 nitrogen and oxygen atoms in total. The summed E-state index contributed by atoms with van der Waals surface area (Å²) < 4.78 is 16.3. The number of rotatable bonds is 4. The SMILES string of the molecule is COc1ccc(C(=O)c2cc3cc(Br)cc(OC)c3oc2=O)cc1. The van der Waals surface area contributed by atoms with Crippen LogP contribution in [0.4, 0.5) is 0 Å². The summed E-state index contributed by atoms with van der Waals surface area (Å²) >= 11 is 3.37. The van der Waals surface area contributed by atoms with E-state index in [1.54, 1.807) is 43.5 Å². The van der Waals surface area contributed by atoms with Crippen molar-refractivity contribution in [2.45, 2.75) is 0 Å². The van der Waals surface area contributed by atoms with Crippen molar-refractivity contribution in [1.29, 1.82) is 0 Å². The van der Waals surface area contributed by atoms with Crippen molar-refractivity contribution in [3.05, 3.63) is 68.5 Å². The molecule has 3 rings (SSSR count). The third-order valence-corrected chi connectivity index (χ3v) is 4.04. The fraction of sp³-hybridized carbons (Fsp3) is 0.111. The number of methoxy groups -OCH3 is 2. The first-order valence-corrected chi connectivity index (χ1v) is 7.83. The van der Waals surface area contributed by atoms with Gasteiger partial charge in [0.15, 0.2) is 17.1 Å². The molecule has 0 aliphatic carbocycles. The first kappa shape index (κ1) is 16.3. The predicted octanol–water partition coefficient (Wildman–Crippen LogP) is 3.80. The van der Waals surface area contributed by atoms with Gasteiger partial charge in [0.2, 0.25) is 0 Å². The largest absolute Gasteiger partial charge is 0.497 e. The molecule has 1 heterocycles. The number of hydrogen-bond donors (Lipinski definition) is 0. The van der Waals surface area contributed by atoms with E-state index in [2.05, 4.69) is 15.9 Å². The number of fused-ring (bicyclic) bond motifs is 1. The van der Waals surface area contributed by atoms with Gasteiger partial charge in [-0.05, 0) is 42.5 Å². The Balaban J connectivity index is 2.13. The lowest BCUT2D eigenvalue weighted by atomic mass is 10.0. The summed E-state index contributed by atoms with van der Waals surface area (Å²) in [4.78, 5) is 24.9. The Bertz CT molecular complexity index is 973. The van der Waals surface area contributed by atoms with Gasteiger partial charge >= 0.3 is 5.63 Å². The van der Waals surface area contributed by atoms with Crippen LogP contribution in [0.2, 0.25) is 0 Å². The minimum absolute atomic E-state index is 0.0344. The molecule has 0 aliphatic heterocycles. The lowest BCUT2D eigenvalue weighted by molar-refractivity contribution is 0.103. The molecule has 1 aromatic heterocycles. The van der Waals surface area contributed by atoms with Gasteiger partial charge in [-0.1, -0.05) is 15.9 Å². The van der Waals surface area contributed by atoms with Gasteiger partial charge in [-0.2, -0.15) is 0 Å². The summed E-state index contributed by atoms with van der Waals surface area (Å²) in [6, 6.07) is 11.5. The molecular formula is C18H13BrO5. The summed E-state index contributed by atoms with van der Waals surface area (Å²) in [5.41, 5.74) is -0.0573. The number of hydrogen-bond acceptors (Lipinski definition) is 5. The van der Waals surface area contributed by atoms with Crippen molar-refractivity contribution < 1.29 is 18.7 Å². The van der Waals surface area contributed by atoms with Crippen molar-refractivity contribution in [2.24, 2.45) is 0 Å². The van der Waals surface area contributed by atoms with Crippen LogP contribution in [-0.4, -0.2) is 20.0 Å². The van der Waals surface area contributed by atoms with Crippen LogP contribution in [0.15, 0.2) is 56.1 Å². The lowest BCUT2D eigenvalue weighted by Gasteiger charge is -2.07. The van der Waals surface area contributed by atoms with Crippen LogP contribution in [0.5, 0.6) is 11.5 Å².